The lowest BCUT2D eigenvalue weighted by Crippen LogP contribution is -2.50. The topological polar surface area (TPSA) is 90.7 Å². The molecule has 0 saturated carbocycles. The fourth-order valence-electron chi connectivity index (χ4n) is 3.11. The van der Waals surface area contributed by atoms with E-state index in [0.29, 0.717) is 5.56 Å². The standard InChI is InChI=1S/C21H19F2N3O4S/c22-21(23)30-18-8-5-16(6-9-18)7-10-20(27)25-11-13-26(14-12-25)31(28,29)19-4-2-1-3-17(19)15-24/h1-10,21H,11-14H2. The molecule has 10 heteroatoms. The summed E-state index contributed by atoms with van der Waals surface area (Å²) in [6.07, 6.45) is 2.89. The Kier molecular flexibility index (Phi) is 6.99. The van der Waals surface area contributed by atoms with Gasteiger partial charge in [-0.15, -0.1) is 0 Å². The van der Waals surface area contributed by atoms with Gasteiger partial charge in [0.05, 0.1) is 10.5 Å². The van der Waals surface area contributed by atoms with Crippen LogP contribution in [-0.4, -0.2) is 56.3 Å². The first-order valence-corrected chi connectivity index (χ1v) is 10.8. The van der Waals surface area contributed by atoms with Crippen LogP contribution in [0.5, 0.6) is 5.75 Å². The minimum Gasteiger partial charge on any atom is -0.435 e. The minimum absolute atomic E-state index is 0.0220. The number of carbonyl (C=O) groups excluding carboxylic acids is 1. The molecule has 2 aromatic rings. The van der Waals surface area contributed by atoms with E-state index in [1.807, 2.05) is 6.07 Å². The Bertz CT molecular complexity index is 1100. The van der Waals surface area contributed by atoms with Gasteiger partial charge >= 0.3 is 6.61 Å². The monoisotopic (exact) mass is 447 g/mol. The quantitative estimate of drug-likeness (QED) is 0.635. The Morgan fingerprint density at radius 3 is 2.32 bits per heavy atom. The number of sulfonamides is 1. The third-order valence-corrected chi connectivity index (χ3v) is 6.66. The number of hydrogen-bond donors (Lipinski definition) is 0. The van der Waals surface area contributed by atoms with E-state index in [-0.39, 0.29) is 48.3 Å². The van der Waals surface area contributed by atoms with E-state index < -0.39 is 16.6 Å². The van der Waals surface area contributed by atoms with Crippen molar-refractivity contribution in [2.75, 3.05) is 26.2 Å². The van der Waals surface area contributed by atoms with Crippen LogP contribution in [0.2, 0.25) is 0 Å². The largest absolute Gasteiger partial charge is 0.435 e. The van der Waals surface area contributed by atoms with E-state index in [0.717, 1.165) is 0 Å². The molecule has 0 bridgehead atoms. The lowest BCUT2D eigenvalue weighted by atomic mass is 10.2. The summed E-state index contributed by atoms with van der Waals surface area (Å²) < 4.78 is 55.6. The highest BCUT2D eigenvalue weighted by molar-refractivity contribution is 7.89. The lowest BCUT2D eigenvalue weighted by Gasteiger charge is -2.33. The van der Waals surface area contributed by atoms with E-state index in [4.69, 9.17) is 5.26 Å². The Morgan fingerprint density at radius 2 is 1.71 bits per heavy atom. The average Bonchev–Trinajstić information content (AvgIpc) is 2.78. The number of benzene rings is 2. The number of piperazine rings is 1. The first-order chi connectivity index (χ1) is 14.8. The summed E-state index contributed by atoms with van der Waals surface area (Å²) in [5.74, 6) is -0.267. The van der Waals surface area contributed by atoms with Gasteiger partial charge in [0, 0.05) is 32.3 Å². The number of nitriles is 1. The van der Waals surface area contributed by atoms with Crippen LogP contribution in [-0.2, 0) is 14.8 Å². The van der Waals surface area contributed by atoms with Gasteiger partial charge in [0.25, 0.3) is 0 Å². The number of rotatable bonds is 6. The fourth-order valence-corrected chi connectivity index (χ4v) is 4.67. The second-order valence-electron chi connectivity index (χ2n) is 6.62. The van der Waals surface area contributed by atoms with Gasteiger partial charge in [-0.05, 0) is 35.9 Å². The molecule has 0 spiro atoms. The summed E-state index contributed by atoms with van der Waals surface area (Å²) in [6, 6.07) is 13.7. The van der Waals surface area contributed by atoms with E-state index in [1.54, 1.807) is 30.3 Å². The molecule has 1 heterocycles. The van der Waals surface area contributed by atoms with Gasteiger partial charge in [0.15, 0.2) is 0 Å². The van der Waals surface area contributed by atoms with Crippen LogP contribution in [0.15, 0.2) is 59.5 Å². The SMILES string of the molecule is N#Cc1ccccc1S(=O)(=O)N1CCN(C(=O)C=Cc2ccc(OC(F)F)cc2)CC1. The molecule has 2 aromatic carbocycles. The Balaban J connectivity index is 1.59. The number of ether oxygens (including phenoxy) is 1. The van der Waals surface area contributed by atoms with Crippen molar-refractivity contribution in [3.63, 3.8) is 0 Å². The maximum absolute atomic E-state index is 12.8. The van der Waals surface area contributed by atoms with Gasteiger partial charge in [-0.1, -0.05) is 24.3 Å². The average molecular weight is 447 g/mol. The molecule has 31 heavy (non-hydrogen) atoms. The number of nitrogens with zero attached hydrogens (tertiary/aromatic N) is 3. The van der Waals surface area contributed by atoms with Gasteiger partial charge in [-0.2, -0.15) is 18.3 Å². The molecule has 3 rings (SSSR count). The molecule has 162 valence electrons. The summed E-state index contributed by atoms with van der Waals surface area (Å²) in [5.41, 5.74) is 0.707. The van der Waals surface area contributed by atoms with Gasteiger partial charge < -0.3 is 9.64 Å². The minimum atomic E-state index is -3.83. The van der Waals surface area contributed by atoms with E-state index >= 15 is 0 Å². The lowest BCUT2D eigenvalue weighted by molar-refractivity contribution is -0.127. The van der Waals surface area contributed by atoms with Crippen LogP contribution in [0.1, 0.15) is 11.1 Å². The molecule has 0 atom stereocenters. The van der Waals surface area contributed by atoms with Crippen molar-refractivity contribution >= 4 is 22.0 Å². The van der Waals surface area contributed by atoms with Gasteiger partial charge in [0.1, 0.15) is 11.8 Å². The molecule has 7 nitrogen and oxygen atoms in total. The second kappa shape index (κ2) is 9.68. The summed E-state index contributed by atoms with van der Waals surface area (Å²) in [4.78, 5) is 13.9. The van der Waals surface area contributed by atoms with Crippen molar-refractivity contribution in [1.29, 1.82) is 5.26 Å². The molecular formula is C21H19F2N3O4S. The molecule has 0 unspecified atom stereocenters. The zero-order valence-electron chi connectivity index (χ0n) is 16.3. The molecule has 0 N–H and O–H groups in total. The molecule has 0 aromatic heterocycles. The third kappa shape index (κ3) is 5.45. The van der Waals surface area contributed by atoms with Crippen LogP contribution in [0.3, 0.4) is 0 Å². The van der Waals surface area contributed by atoms with Gasteiger partial charge in [0.2, 0.25) is 15.9 Å². The van der Waals surface area contributed by atoms with Crippen molar-refractivity contribution in [1.82, 2.24) is 9.21 Å². The number of amides is 1. The van der Waals surface area contributed by atoms with Crippen LogP contribution in [0, 0.1) is 11.3 Å². The number of hydrogen-bond acceptors (Lipinski definition) is 5. The normalized spacial score (nSPS) is 15.2. The maximum atomic E-state index is 12.8. The fraction of sp³-hybridized carbons (Fsp3) is 0.238. The highest BCUT2D eigenvalue weighted by Crippen LogP contribution is 2.21. The summed E-state index contributed by atoms with van der Waals surface area (Å²) in [7, 11) is -3.83. The Morgan fingerprint density at radius 1 is 1.06 bits per heavy atom. The zero-order chi connectivity index (χ0) is 22.4. The summed E-state index contributed by atoms with van der Waals surface area (Å²) in [5, 5.41) is 9.17. The number of alkyl halides is 2. The second-order valence-corrected chi connectivity index (χ2v) is 8.52. The van der Waals surface area contributed by atoms with E-state index in [2.05, 4.69) is 4.74 Å². The summed E-state index contributed by atoms with van der Waals surface area (Å²) >= 11 is 0. The van der Waals surface area contributed by atoms with E-state index in [1.165, 1.54) is 39.5 Å². The van der Waals surface area contributed by atoms with Crippen molar-refractivity contribution in [3.8, 4) is 11.8 Å². The van der Waals surface area contributed by atoms with Gasteiger partial charge in [-0.3, -0.25) is 4.79 Å². The molecule has 1 saturated heterocycles. The summed E-state index contributed by atoms with van der Waals surface area (Å²) in [6.45, 7) is -2.27. The molecule has 0 radical (unpaired) electrons. The first kappa shape index (κ1) is 22.4. The van der Waals surface area contributed by atoms with Crippen LogP contribution >= 0.6 is 0 Å². The molecule has 1 aliphatic rings. The van der Waals surface area contributed by atoms with Crippen molar-refractivity contribution in [3.05, 3.63) is 65.7 Å². The molecule has 0 aliphatic carbocycles. The smallest absolute Gasteiger partial charge is 0.387 e. The van der Waals surface area contributed by atoms with Crippen molar-refractivity contribution < 1.29 is 26.7 Å². The number of halogens is 2. The van der Waals surface area contributed by atoms with Crippen molar-refractivity contribution in [2.45, 2.75) is 11.5 Å². The van der Waals surface area contributed by atoms with Crippen LogP contribution < -0.4 is 4.74 Å². The van der Waals surface area contributed by atoms with Crippen molar-refractivity contribution in [2.24, 2.45) is 0 Å². The molecule has 1 amide bonds. The Labute approximate surface area is 178 Å². The zero-order valence-corrected chi connectivity index (χ0v) is 17.1. The van der Waals surface area contributed by atoms with Gasteiger partial charge in [-0.25, -0.2) is 8.42 Å². The molecular weight excluding hydrogens is 428 g/mol. The maximum Gasteiger partial charge on any atom is 0.387 e. The highest BCUT2D eigenvalue weighted by atomic mass is 32.2. The highest BCUT2D eigenvalue weighted by Gasteiger charge is 2.31. The predicted octanol–water partition coefficient (Wildman–Crippen LogP) is 2.71. The predicted molar refractivity (Wildman–Crippen MR) is 109 cm³/mol. The van der Waals surface area contributed by atoms with Crippen LogP contribution in [0.4, 0.5) is 8.78 Å². The molecule has 1 aliphatic heterocycles. The first-order valence-electron chi connectivity index (χ1n) is 9.32. The van der Waals surface area contributed by atoms with Crippen LogP contribution in [0.25, 0.3) is 6.08 Å². The van der Waals surface area contributed by atoms with E-state index in [9.17, 15) is 22.0 Å². The Hall–Kier alpha value is -3.29. The number of carbonyl (C=O) groups is 1. The third-order valence-electron chi connectivity index (χ3n) is 4.70. The molecule has 1 fully saturated rings.